The minimum Gasteiger partial charge on any atom is -0.354 e. The zero-order valence-corrected chi connectivity index (χ0v) is 16.1. The first kappa shape index (κ1) is 16.7. The molecular weight excluding hydrogens is 360 g/mol. The maximum atomic E-state index is 6.48. The molecule has 6 nitrogen and oxygen atoms in total. The Morgan fingerprint density at radius 1 is 1.22 bits per heavy atom. The van der Waals surface area contributed by atoms with Crippen LogP contribution in [0.2, 0.25) is 5.02 Å². The van der Waals surface area contributed by atoms with E-state index in [0.717, 1.165) is 47.2 Å². The zero-order chi connectivity index (χ0) is 18.7. The molecule has 1 aromatic carbocycles. The zero-order valence-electron chi connectivity index (χ0n) is 15.3. The third-order valence-corrected chi connectivity index (χ3v) is 6.20. The van der Waals surface area contributed by atoms with Crippen molar-refractivity contribution in [2.75, 3.05) is 18.0 Å². The molecule has 5 rings (SSSR count). The van der Waals surface area contributed by atoms with Crippen LogP contribution >= 0.6 is 11.6 Å². The van der Waals surface area contributed by atoms with Gasteiger partial charge in [-0.25, -0.2) is 15.0 Å². The summed E-state index contributed by atoms with van der Waals surface area (Å²) in [5.74, 6) is 2.83. The fourth-order valence-electron chi connectivity index (χ4n) is 4.14. The number of aromatic nitrogens is 4. The Labute approximate surface area is 162 Å². The number of fused-ring (bicyclic) bond motifs is 2. The van der Waals surface area contributed by atoms with Crippen LogP contribution in [0.4, 0.5) is 5.82 Å². The predicted octanol–water partition coefficient (Wildman–Crippen LogP) is 3.42. The van der Waals surface area contributed by atoms with Gasteiger partial charge in [0.15, 0.2) is 17.0 Å². The highest BCUT2D eigenvalue weighted by atomic mass is 35.5. The van der Waals surface area contributed by atoms with Crippen molar-refractivity contribution in [3.05, 3.63) is 41.7 Å². The molecule has 2 aliphatic rings. The Hall–Kier alpha value is -2.44. The van der Waals surface area contributed by atoms with E-state index in [1.165, 1.54) is 0 Å². The Kier molecular flexibility index (Phi) is 3.74. The van der Waals surface area contributed by atoms with Crippen LogP contribution < -0.4 is 10.6 Å². The Bertz CT molecular complexity index is 1060. The van der Waals surface area contributed by atoms with E-state index in [4.69, 9.17) is 22.3 Å². The molecule has 1 aliphatic heterocycles. The normalized spacial score (nSPS) is 24.5. The largest absolute Gasteiger partial charge is 0.354 e. The molecule has 2 aromatic heterocycles. The summed E-state index contributed by atoms with van der Waals surface area (Å²) in [4.78, 5) is 16.4. The summed E-state index contributed by atoms with van der Waals surface area (Å²) < 4.78 is 2.06. The smallest absolute Gasteiger partial charge is 0.170 e. The number of hydrogen-bond acceptors (Lipinski definition) is 5. The summed E-state index contributed by atoms with van der Waals surface area (Å²) in [6.45, 7) is 5.94. The lowest BCUT2D eigenvalue weighted by atomic mass is 10.2. The second kappa shape index (κ2) is 6.04. The second-order valence-corrected chi connectivity index (χ2v) is 7.77. The summed E-state index contributed by atoms with van der Waals surface area (Å²) in [5.41, 5.74) is 9.64. The quantitative estimate of drug-likeness (QED) is 0.753. The van der Waals surface area contributed by atoms with E-state index in [0.29, 0.717) is 22.9 Å². The van der Waals surface area contributed by atoms with E-state index < -0.39 is 0 Å². The van der Waals surface area contributed by atoms with Crippen molar-refractivity contribution in [3.63, 3.8) is 0 Å². The van der Waals surface area contributed by atoms with E-state index in [9.17, 15) is 0 Å². The number of anilines is 1. The number of piperidine rings is 1. The number of allylic oxidation sites excluding steroid dienone is 2. The molecule has 2 fully saturated rings. The molecule has 1 aliphatic carbocycles. The summed E-state index contributed by atoms with van der Waals surface area (Å²) in [6, 6.07) is 8.11. The maximum Gasteiger partial charge on any atom is 0.170 e. The number of rotatable bonds is 3. The Morgan fingerprint density at radius 3 is 2.67 bits per heavy atom. The van der Waals surface area contributed by atoms with Gasteiger partial charge in [0, 0.05) is 30.4 Å². The molecule has 3 atom stereocenters. The van der Waals surface area contributed by atoms with E-state index in [1.807, 2.05) is 44.2 Å². The molecule has 7 heteroatoms. The molecule has 0 bridgehead atoms. The van der Waals surface area contributed by atoms with Crippen molar-refractivity contribution in [1.82, 2.24) is 19.5 Å². The van der Waals surface area contributed by atoms with Crippen molar-refractivity contribution < 1.29 is 0 Å². The number of imidazole rings is 1. The minimum atomic E-state index is 0.347. The highest BCUT2D eigenvalue weighted by Gasteiger charge is 2.54. The van der Waals surface area contributed by atoms with Crippen LogP contribution in [0.15, 0.2) is 36.7 Å². The average Bonchev–Trinajstić information content (AvgIpc) is 3.07. The van der Waals surface area contributed by atoms with E-state index in [2.05, 4.69) is 19.4 Å². The lowest BCUT2D eigenvalue weighted by Crippen LogP contribution is -2.28. The van der Waals surface area contributed by atoms with E-state index >= 15 is 0 Å². The Balaban J connectivity index is 1.71. The summed E-state index contributed by atoms with van der Waals surface area (Å²) in [6.07, 6.45) is 3.67. The van der Waals surface area contributed by atoms with Gasteiger partial charge in [-0.05, 0) is 37.8 Å². The van der Waals surface area contributed by atoms with Gasteiger partial charge in [0.25, 0.3) is 0 Å². The standard InChI is InChI=1S/C20H21ClN6/c1-3-11(2)27-18(12-6-4-5-7-15(12)21)25-17-19(23-10-24-20(17)27)26-8-13-14(9-26)16(13)22/h3-7,10,13-14,16H,8-9,22H2,1-2H3/b11-3+/t13-,14+,16?. The average molecular weight is 381 g/mol. The highest BCUT2D eigenvalue weighted by molar-refractivity contribution is 6.33. The first-order chi connectivity index (χ1) is 13.1. The van der Waals surface area contributed by atoms with Gasteiger partial charge in [-0.15, -0.1) is 0 Å². The molecule has 2 N–H and O–H groups in total. The Morgan fingerprint density at radius 2 is 1.96 bits per heavy atom. The van der Waals surface area contributed by atoms with Gasteiger partial charge in [-0.2, -0.15) is 0 Å². The lowest BCUT2D eigenvalue weighted by Gasteiger charge is -2.20. The molecule has 138 valence electrons. The summed E-state index contributed by atoms with van der Waals surface area (Å²) in [5, 5.41) is 0.667. The highest BCUT2D eigenvalue weighted by Crippen LogP contribution is 2.46. The van der Waals surface area contributed by atoms with Crippen molar-refractivity contribution in [1.29, 1.82) is 0 Å². The van der Waals surface area contributed by atoms with Crippen molar-refractivity contribution >= 4 is 34.3 Å². The van der Waals surface area contributed by atoms with Crippen molar-refractivity contribution in [3.8, 4) is 11.4 Å². The molecule has 0 spiro atoms. The van der Waals surface area contributed by atoms with Gasteiger partial charge in [-0.3, -0.25) is 4.57 Å². The molecule has 0 amide bonds. The molecular formula is C20H21ClN6. The third kappa shape index (κ3) is 2.47. The molecule has 1 saturated heterocycles. The van der Waals surface area contributed by atoms with Gasteiger partial charge in [0.1, 0.15) is 12.2 Å². The molecule has 1 saturated carbocycles. The number of hydrogen-bond donors (Lipinski definition) is 1. The first-order valence-corrected chi connectivity index (χ1v) is 9.60. The SMILES string of the molecule is C/C=C(\C)n1c(-c2ccccc2Cl)nc2c(N3C[C@@H]4C(N)[C@@H]4C3)ncnc21. The number of benzene rings is 1. The van der Waals surface area contributed by atoms with Gasteiger partial charge in [0.05, 0.1) is 5.02 Å². The van der Waals surface area contributed by atoms with Crippen LogP contribution in [-0.2, 0) is 0 Å². The fourth-order valence-corrected chi connectivity index (χ4v) is 4.36. The molecule has 27 heavy (non-hydrogen) atoms. The molecule has 3 heterocycles. The van der Waals surface area contributed by atoms with Crippen LogP contribution in [0.5, 0.6) is 0 Å². The van der Waals surface area contributed by atoms with Crippen LogP contribution in [0, 0.1) is 11.8 Å². The maximum absolute atomic E-state index is 6.48. The van der Waals surface area contributed by atoms with Crippen LogP contribution in [0.1, 0.15) is 13.8 Å². The molecule has 0 radical (unpaired) electrons. The number of nitrogens with two attached hydrogens (primary N) is 1. The van der Waals surface area contributed by atoms with Gasteiger partial charge in [-0.1, -0.05) is 29.8 Å². The second-order valence-electron chi connectivity index (χ2n) is 7.36. The number of nitrogens with zero attached hydrogens (tertiary/aromatic N) is 5. The van der Waals surface area contributed by atoms with E-state index in [1.54, 1.807) is 6.33 Å². The number of halogens is 1. The monoisotopic (exact) mass is 380 g/mol. The molecule has 3 aromatic rings. The first-order valence-electron chi connectivity index (χ1n) is 9.22. The van der Waals surface area contributed by atoms with Crippen LogP contribution in [0.25, 0.3) is 28.2 Å². The van der Waals surface area contributed by atoms with Gasteiger partial charge in [0.2, 0.25) is 0 Å². The van der Waals surface area contributed by atoms with E-state index in [-0.39, 0.29) is 0 Å². The van der Waals surface area contributed by atoms with Crippen LogP contribution in [-0.4, -0.2) is 38.7 Å². The lowest BCUT2D eigenvalue weighted by molar-refractivity contribution is 0.736. The summed E-state index contributed by atoms with van der Waals surface area (Å²) >= 11 is 6.48. The van der Waals surface area contributed by atoms with Gasteiger partial charge < -0.3 is 10.6 Å². The third-order valence-electron chi connectivity index (χ3n) is 5.87. The predicted molar refractivity (Wildman–Crippen MR) is 109 cm³/mol. The topological polar surface area (TPSA) is 72.9 Å². The van der Waals surface area contributed by atoms with Gasteiger partial charge >= 0.3 is 0 Å². The van der Waals surface area contributed by atoms with Crippen molar-refractivity contribution in [2.24, 2.45) is 17.6 Å². The molecule has 1 unspecified atom stereocenters. The van der Waals surface area contributed by atoms with Crippen LogP contribution in [0.3, 0.4) is 0 Å². The minimum absolute atomic E-state index is 0.347. The fraction of sp³-hybridized carbons (Fsp3) is 0.350. The summed E-state index contributed by atoms with van der Waals surface area (Å²) in [7, 11) is 0. The van der Waals surface area contributed by atoms with Crippen molar-refractivity contribution in [2.45, 2.75) is 19.9 Å².